The van der Waals surface area contributed by atoms with Crippen LogP contribution in [0.2, 0.25) is 5.02 Å². The lowest BCUT2D eigenvalue weighted by Crippen LogP contribution is -2.37. The summed E-state index contributed by atoms with van der Waals surface area (Å²) >= 11 is 6.13. The number of para-hydroxylation sites is 1. The van der Waals surface area contributed by atoms with Crippen molar-refractivity contribution in [3.8, 4) is 0 Å². The number of rotatable bonds is 2. The van der Waals surface area contributed by atoms with E-state index in [4.69, 9.17) is 11.6 Å². The van der Waals surface area contributed by atoms with Gasteiger partial charge in [-0.3, -0.25) is 10.1 Å². The minimum Gasteiger partial charge on any atom is -0.365 e. The van der Waals surface area contributed by atoms with Gasteiger partial charge in [0.1, 0.15) is 5.69 Å². The first-order valence-electron chi connectivity index (χ1n) is 6.08. The van der Waals surface area contributed by atoms with E-state index in [0.717, 1.165) is 25.9 Å². The van der Waals surface area contributed by atoms with Crippen LogP contribution < -0.4 is 4.90 Å². The van der Waals surface area contributed by atoms with Crippen LogP contribution in [0.5, 0.6) is 0 Å². The van der Waals surface area contributed by atoms with E-state index in [9.17, 15) is 10.1 Å². The molecule has 1 aromatic carbocycles. The molecule has 0 spiro atoms. The molecule has 0 aliphatic carbocycles. The number of anilines is 1. The predicted molar refractivity (Wildman–Crippen MR) is 73.3 cm³/mol. The largest absolute Gasteiger partial charge is 0.365 e. The molecule has 2 rings (SSSR count). The smallest absolute Gasteiger partial charge is 0.294 e. The predicted octanol–water partition coefficient (Wildman–Crippen LogP) is 3.87. The maximum absolute atomic E-state index is 11.1. The summed E-state index contributed by atoms with van der Waals surface area (Å²) in [6.07, 6.45) is 2.05. The van der Waals surface area contributed by atoms with Gasteiger partial charge in [0, 0.05) is 19.2 Å². The molecule has 0 aromatic heterocycles. The number of halogens is 1. The van der Waals surface area contributed by atoms with Crippen LogP contribution >= 0.6 is 11.6 Å². The van der Waals surface area contributed by atoms with Crippen LogP contribution in [0.25, 0.3) is 0 Å². The Labute approximate surface area is 112 Å². The van der Waals surface area contributed by atoms with Gasteiger partial charge in [-0.1, -0.05) is 31.5 Å². The highest BCUT2D eigenvalue weighted by Gasteiger charge is 2.30. The second-order valence-electron chi connectivity index (χ2n) is 5.52. The first-order valence-corrected chi connectivity index (χ1v) is 6.46. The zero-order valence-electron chi connectivity index (χ0n) is 10.6. The zero-order chi connectivity index (χ0) is 13.3. The lowest BCUT2D eigenvalue weighted by Gasteiger charge is -2.38. The summed E-state index contributed by atoms with van der Waals surface area (Å²) in [7, 11) is 0. The number of nitro benzene ring substituents is 1. The van der Waals surface area contributed by atoms with Crippen molar-refractivity contribution in [2.45, 2.75) is 26.7 Å². The second kappa shape index (κ2) is 4.76. The fourth-order valence-corrected chi connectivity index (χ4v) is 2.59. The average Bonchev–Trinajstić information content (AvgIpc) is 2.29. The monoisotopic (exact) mass is 268 g/mol. The van der Waals surface area contributed by atoms with E-state index in [1.165, 1.54) is 6.07 Å². The highest BCUT2D eigenvalue weighted by molar-refractivity contribution is 6.33. The maximum atomic E-state index is 11.1. The summed E-state index contributed by atoms with van der Waals surface area (Å²) in [6, 6.07) is 4.85. The van der Waals surface area contributed by atoms with Gasteiger partial charge in [-0.2, -0.15) is 0 Å². The fourth-order valence-electron chi connectivity index (χ4n) is 2.30. The van der Waals surface area contributed by atoms with Crippen molar-refractivity contribution in [1.82, 2.24) is 0 Å². The van der Waals surface area contributed by atoms with Gasteiger partial charge in [0.15, 0.2) is 0 Å². The minimum absolute atomic E-state index is 0.0993. The highest BCUT2D eigenvalue weighted by Crippen LogP contribution is 2.39. The van der Waals surface area contributed by atoms with Crippen LogP contribution in [0.4, 0.5) is 11.4 Å². The molecule has 0 bridgehead atoms. The maximum Gasteiger partial charge on any atom is 0.294 e. The van der Waals surface area contributed by atoms with Gasteiger partial charge in [-0.15, -0.1) is 0 Å². The van der Waals surface area contributed by atoms with Crippen LogP contribution in [0.3, 0.4) is 0 Å². The quantitative estimate of drug-likeness (QED) is 0.604. The third-order valence-corrected chi connectivity index (χ3v) is 3.90. The number of hydrogen-bond acceptors (Lipinski definition) is 3. The Morgan fingerprint density at radius 1 is 1.33 bits per heavy atom. The molecule has 4 nitrogen and oxygen atoms in total. The minimum atomic E-state index is -0.360. The van der Waals surface area contributed by atoms with Crippen molar-refractivity contribution in [1.29, 1.82) is 0 Å². The molecule has 0 unspecified atom stereocenters. The van der Waals surface area contributed by atoms with Crippen LogP contribution in [-0.2, 0) is 0 Å². The van der Waals surface area contributed by atoms with E-state index < -0.39 is 0 Å². The standard InChI is InChI=1S/C13H17ClN2O2/c1-13(2)6-8-15(9-7-13)12-10(14)4-3-5-11(12)16(17)18/h3-5H,6-9H2,1-2H3. The van der Waals surface area contributed by atoms with E-state index in [2.05, 4.69) is 13.8 Å². The summed E-state index contributed by atoms with van der Waals surface area (Å²) in [5, 5.41) is 11.5. The Balaban J connectivity index is 2.31. The lowest BCUT2D eigenvalue weighted by atomic mass is 9.82. The van der Waals surface area contributed by atoms with Crippen molar-refractivity contribution in [3.05, 3.63) is 33.3 Å². The Morgan fingerprint density at radius 2 is 1.94 bits per heavy atom. The molecular weight excluding hydrogens is 252 g/mol. The topological polar surface area (TPSA) is 46.4 Å². The summed E-state index contributed by atoms with van der Waals surface area (Å²) < 4.78 is 0. The molecule has 18 heavy (non-hydrogen) atoms. The number of nitro groups is 1. The van der Waals surface area contributed by atoms with E-state index >= 15 is 0 Å². The molecular formula is C13H17ClN2O2. The Kier molecular flexibility index (Phi) is 3.48. The Morgan fingerprint density at radius 3 is 2.50 bits per heavy atom. The molecule has 1 fully saturated rings. The molecule has 1 aliphatic heterocycles. The van der Waals surface area contributed by atoms with Gasteiger partial charge < -0.3 is 4.90 Å². The molecule has 0 N–H and O–H groups in total. The van der Waals surface area contributed by atoms with Crippen LogP contribution in [0.1, 0.15) is 26.7 Å². The molecule has 0 saturated carbocycles. The average molecular weight is 269 g/mol. The fraction of sp³-hybridized carbons (Fsp3) is 0.538. The second-order valence-corrected chi connectivity index (χ2v) is 5.92. The molecule has 98 valence electrons. The van der Waals surface area contributed by atoms with Crippen molar-refractivity contribution in [2.75, 3.05) is 18.0 Å². The van der Waals surface area contributed by atoms with E-state index in [1.807, 2.05) is 4.90 Å². The van der Waals surface area contributed by atoms with Crippen LogP contribution in [0, 0.1) is 15.5 Å². The Hall–Kier alpha value is -1.29. The first-order chi connectivity index (χ1) is 8.41. The van der Waals surface area contributed by atoms with Gasteiger partial charge in [0.05, 0.1) is 9.95 Å². The summed E-state index contributed by atoms with van der Waals surface area (Å²) in [5.41, 5.74) is 0.980. The van der Waals surface area contributed by atoms with E-state index in [0.29, 0.717) is 16.1 Å². The third kappa shape index (κ3) is 2.58. The number of hydrogen-bond donors (Lipinski definition) is 0. The number of piperidine rings is 1. The molecule has 1 aliphatic rings. The summed E-state index contributed by atoms with van der Waals surface area (Å²) in [6.45, 7) is 6.09. The third-order valence-electron chi connectivity index (χ3n) is 3.60. The molecule has 5 heteroatoms. The van der Waals surface area contributed by atoms with Crippen molar-refractivity contribution < 1.29 is 4.92 Å². The molecule has 1 aromatic rings. The molecule has 0 amide bonds. The van der Waals surface area contributed by atoms with Crippen molar-refractivity contribution in [3.63, 3.8) is 0 Å². The van der Waals surface area contributed by atoms with E-state index in [-0.39, 0.29) is 10.6 Å². The highest BCUT2D eigenvalue weighted by atomic mass is 35.5. The number of benzene rings is 1. The lowest BCUT2D eigenvalue weighted by molar-refractivity contribution is -0.384. The van der Waals surface area contributed by atoms with Crippen molar-refractivity contribution >= 4 is 23.0 Å². The Bertz CT molecular complexity index is 464. The van der Waals surface area contributed by atoms with Gasteiger partial charge in [0.25, 0.3) is 5.69 Å². The summed E-state index contributed by atoms with van der Waals surface area (Å²) in [5.74, 6) is 0. The molecule has 0 atom stereocenters. The SMILES string of the molecule is CC1(C)CCN(c2c(Cl)cccc2[N+](=O)[O-])CC1. The molecule has 1 heterocycles. The van der Waals surface area contributed by atoms with Gasteiger partial charge in [-0.05, 0) is 24.3 Å². The van der Waals surface area contributed by atoms with E-state index in [1.54, 1.807) is 12.1 Å². The van der Waals surface area contributed by atoms with Crippen LogP contribution in [-0.4, -0.2) is 18.0 Å². The van der Waals surface area contributed by atoms with Crippen molar-refractivity contribution in [2.24, 2.45) is 5.41 Å². The normalized spacial score (nSPS) is 18.7. The molecule has 1 saturated heterocycles. The summed E-state index contributed by atoms with van der Waals surface area (Å²) in [4.78, 5) is 12.7. The molecule has 0 radical (unpaired) electrons. The zero-order valence-corrected chi connectivity index (χ0v) is 11.4. The number of nitrogens with zero attached hydrogens (tertiary/aromatic N) is 2. The van der Waals surface area contributed by atoms with Gasteiger partial charge >= 0.3 is 0 Å². The van der Waals surface area contributed by atoms with Gasteiger partial charge in [-0.25, -0.2) is 0 Å². The first kappa shape index (κ1) is 13.1. The van der Waals surface area contributed by atoms with Crippen LogP contribution in [0.15, 0.2) is 18.2 Å². The van der Waals surface area contributed by atoms with Gasteiger partial charge in [0.2, 0.25) is 0 Å².